The Hall–Kier alpha value is -13.1. The van der Waals surface area contributed by atoms with Crippen LogP contribution in [0.4, 0.5) is 51.2 Å². The van der Waals surface area contributed by atoms with E-state index in [2.05, 4.69) is 63.8 Å². The van der Waals surface area contributed by atoms with Crippen LogP contribution in [0.25, 0.3) is 0 Å². The van der Waals surface area contributed by atoms with Crippen LogP contribution in [0.3, 0.4) is 0 Å². The highest BCUT2D eigenvalue weighted by Crippen LogP contribution is 2.24. The van der Waals surface area contributed by atoms with Crippen molar-refractivity contribution in [3.8, 4) is 0 Å². The quantitative estimate of drug-likeness (QED) is 0.0227. The summed E-state index contributed by atoms with van der Waals surface area (Å²) >= 11 is 11.7. The highest BCUT2D eigenvalue weighted by Gasteiger charge is 2.20. The highest BCUT2D eigenvalue weighted by molar-refractivity contribution is 6.31. The first kappa shape index (κ1) is 116. The molecule has 133 heavy (non-hydrogen) atoms. The van der Waals surface area contributed by atoms with Crippen molar-refractivity contribution in [1.82, 2.24) is 45.8 Å². The number of carbonyl (C=O) groups excluding carboxylic acids is 9. The summed E-state index contributed by atoms with van der Waals surface area (Å²) in [5.74, 6) is -0.329. The summed E-state index contributed by atoms with van der Waals surface area (Å²) in [5, 5.41) is 53.6. The molecule has 0 bridgehead atoms. The Balaban J connectivity index is 0.000000507. The molecule has 1 unspecified atom stereocenters. The first-order valence-electron chi connectivity index (χ1n) is 43.8. The molecule has 1 saturated heterocycles. The summed E-state index contributed by atoms with van der Waals surface area (Å²) in [7, 11) is 30.3. The van der Waals surface area contributed by atoms with Gasteiger partial charge < -0.3 is 108 Å². The number of aliphatic hydroxyl groups excluding tert-OH is 2. The normalized spacial score (nSPS) is 11.1. The first-order chi connectivity index (χ1) is 63.2. The van der Waals surface area contributed by atoms with Crippen molar-refractivity contribution < 1.29 is 58.1 Å². The van der Waals surface area contributed by atoms with Gasteiger partial charge in [-0.3, -0.25) is 43.2 Å². The molecular formula is C101H144Cl2N18O12. The molecular weight excluding hydrogens is 1730 g/mol. The monoisotopic (exact) mass is 1870 g/mol. The van der Waals surface area contributed by atoms with E-state index in [0.29, 0.717) is 75.2 Å². The molecule has 0 radical (unpaired) electrons. The highest BCUT2D eigenvalue weighted by atomic mass is 35.5. The van der Waals surface area contributed by atoms with Crippen LogP contribution < -0.4 is 68.7 Å². The largest absolute Gasteiger partial charge is 0.395 e. The van der Waals surface area contributed by atoms with Crippen LogP contribution in [0, 0.1) is 6.92 Å². The van der Waals surface area contributed by atoms with Crippen LogP contribution in [0.2, 0.25) is 10.0 Å². The fourth-order valence-electron chi connectivity index (χ4n) is 12.1. The van der Waals surface area contributed by atoms with E-state index in [0.717, 1.165) is 100 Å². The zero-order chi connectivity index (χ0) is 99.9. The molecule has 9 aromatic carbocycles. The second-order valence-electron chi connectivity index (χ2n) is 31.4. The number of likely N-dealkylation sites (N-methyl/N-ethyl adjacent to an activating group) is 2. The summed E-state index contributed by atoms with van der Waals surface area (Å²) in [5.41, 5.74) is 15.1. The molecule has 724 valence electrons. The predicted molar refractivity (Wildman–Crippen MR) is 549 cm³/mol. The Morgan fingerprint density at radius 1 is 0.376 bits per heavy atom. The number of aliphatic hydroxyl groups is 2. The van der Waals surface area contributed by atoms with Gasteiger partial charge in [0.15, 0.2) is 0 Å². The second-order valence-corrected chi connectivity index (χ2v) is 32.3. The summed E-state index contributed by atoms with van der Waals surface area (Å²) in [4.78, 5) is 115. The summed E-state index contributed by atoms with van der Waals surface area (Å²) in [6.45, 7) is 18.0. The van der Waals surface area contributed by atoms with Crippen molar-refractivity contribution in [3.05, 3.63) is 266 Å². The van der Waals surface area contributed by atoms with Gasteiger partial charge >= 0.3 is 0 Å². The Kier molecular flexibility index (Phi) is 54.9. The van der Waals surface area contributed by atoms with Crippen molar-refractivity contribution in [1.29, 1.82) is 0 Å². The van der Waals surface area contributed by atoms with Gasteiger partial charge in [0.05, 0.1) is 19.3 Å². The lowest BCUT2D eigenvalue weighted by Gasteiger charge is -2.22. The molecule has 1 atom stereocenters. The number of nitrogens with one attached hydrogen (secondary N) is 12. The molecule has 0 saturated carbocycles. The molecule has 30 nitrogen and oxygen atoms in total. The van der Waals surface area contributed by atoms with Gasteiger partial charge in [-0.15, -0.1) is 0 Å². The van der Waals surface area contributed by atoms with Crippen molar-refractivity contribution in [2.45, 2.75) is 79.4 Å². The Labute approximate surface area is 798 Å². The molecule has 1 aliphatic rings. The number of halogens is 2. The maximum Gasteiger partial charge on any atom is 0.253 e. The van der Waals surface area contributed by atoms with Crippen LogP contribution in [-0.4, -0.2) is 278 Å². The maximum atomic E-state index is 12.0. The van der Waals surface area contributed by atoms with Crippen LogP contribution in [0.5, 0.6) is 0 Å². The summed E-state index contributed by atoms with van der Waals surface area (Å²) in [6.07, 6.45) is 3.54. The van der Waals surface area contributed by atoms with Gasteiger partial charge in [-0.25, -0.2) is 0 Å². The average molecular weight is 1870 g/mol. The third-order valence-corrected chi connectivity index (χ3v) is 20.0. The van der Waals surface area contributed by atoms with E-state index in [1.54, 1.807) is 141 Å². The number of anilines is 9. The molecule has 1 fully saturated rings. The fraction of sp³-hybridized carbons (Fsp3) is 0.376. The van der Waals surface area contributed by atoms with E-state index in [1.807, 2.05) is 247 Å². The first-order valence-corrected chi connectivity index (χ1v) is 44.6. The van der Waals surface area contributed by atoms with Crippen molar-refractivity contribution >= 4 is 128 Å². The Morgan fingerprint density at radius 3 is 1.10 bits per heavy atom. The fourth-order valence-corrected chi connectivity index (χ4v) is 12.6. The number of ether oxygens (including phenoxy) is 1. The molecule has 10 rings (SSSR count). The van der Waals surface area contributed by atoms with Crippen molar-refractivity contribution in [2.75, 3.05) is 226 Å². The molecule has 1 aliphatic heterocycles. The van der Waals surface area contributed by atoms with Gasteiger partial charge in [0.25, 0.3) is 53.2 Å². The Bertz CT molecular complexity index is 5010. The van der Waals surface area contributed by atoms with Gasteiger partial charge in [0.2, 0.25) is 0 Å². The van der Waals surface area contributed by atoms with Crippen LogP contribution in [0.15, 0.2) is 200 Å². The standard InChI is InChI=1S/C14H20N2O2.C12H18N2O2.2C12H18N2O.C11H16N2O2.C11H16N2O.C10H13ClN2O.C10H14N2O.C9H11ClN2O/c1-15-12-6-4-5-11(9-12)14(17)16-10-13-7-2-3-8-18-13;1-3-14(7-8-15)12(16)10-5-4-6-11(9-10)13-2;1-12(2,3)14-11(15)9-6-5-7-10(8-9)13-4;1-4-14(5-2)12(15)10-7-6-8-11(9-10)13-3;1-12-10-5-3-4-9(8-10)11(15)13(2)6-7-14;1-8-5-9(11(14)13(3)4)7-10(6-8)12-2;1-12-9-5-7(4-8(11)6-9)10(14)13(2)3;1-11-10(13)8-5-4-6-9(7-8)12(2)3;1-11-8-4-6(9(13)12-2)3-7(10)5-8/h4-6,9,13,15H,2-3,7-8,10H2,1H3,(H,16,17);4-6,9,13,15H,3,7-8H2,1-2H3;5-8,13H,1-4H3,(H,14,15);6-9,13H,4-5H2,1-3H3;3-5,8,12,14H,6-7H2,1-2H3;5-7,12H,1-4H3;4-6,12H,1-3H3;4-7H,1-3H3,(H,11,13);3-5,11H,1-2H3,(H,12,13). The van der Waals surface area contributed by atoms with E-state index in [1.165, 1.54) is 16.2 Å². The molecule has 1 heterocycles. The average Bonchev–Trinajstić information content (AvgIpc) is 0.828. The number of benzene rings is 9. The van der Waals surface area contributed by atoms with Crippen molar-refractivity contribution in [3.63, 3.8) is 0 Å². The number of hydrogen-bond acceptors (Lipinski definition) is 21. The van der Waals surface area contributed by atoms with Gasteiger partial charge in [-0.2, -0.15) is 0 Å². The summed E-state index contributed by atoms with van der Waals surface area (Å²) < 4.78 is 5.58. The second kappa shape index (κ2) is 63.0. The molecule has 0 aromatic heterocycles. The third-order valence-electron chi connectivity index (χ3n) is 19.5. The number of rotatable bonds is 27. The van der Waals surface area contributed by atoms with Gasteiger partial charge in [-0.05, 0) is 237 Å². The van der Waals surface area contributed by atoms with E-state index in [-0.39, 0.29) is 78.0 Å². The molecule has 9 aromatic rings. The van der Waals surface area contributed by atoms with Crippen LogP contribution >= 0.6 is 23.2 Å². The topological polar surface area (TPSA) is 367 Å². The number of hydrogen-bond donors (Lipinski definition) is 14. The lowest BCUT2D eigenvalue weighted by Crippen LogP contribution is -2.40. The van der Waals surface area contributed by atoms with E-state index >= 15 is 0 Å². The zero-order valence-corrected chi connectivity index (χ0v) is 83.5. The van der Waals surface area contributed by atoms with E-state index < -0.39 is 0 Å². The minimum Gasteiger partial charge on any atom is -0.395 e. The smallest absolute Gasteiger partial charge is 0.253 e. The van der Waals surface area contributed by atoms with Gasteiger partial charge in [0.1, 0.15) is 0 Å². The molecule has 14 N–H and O–H groups in total. The number of aryl methyl sites for hydroxylation is 1. The van der Waals surface area contributed by atoms with Crippen LogP contribution in [-0.2, 0) is 4.74 Å². The molecule has 9 amide bonds. The number of amides is 9. The zero-order valence-electron chi connectivity index (χ0n) is 82.0. The minimum absolute atomic E-state index is 0.00863. The molecule has 32 heteroatoms. The molecule has 0 spiro atoms. The van der Waals surface area contributed by atoms with E-state index in [9.17, 15) is 43.2 Å². The number of carbonyl (C=O) groups is 9. The third kappa shape index (κ3) is 43.6. The summed E-state index contributed by atoms with van der Waals surface area (Å²) in [6, 6.07) is 60.6. The number of nitrogens with zero attached hydrogens (tertiary/aromatic N) is 6. The SMILES string of the molecule is CCN(CC)C(=O)c1cccc(NC)c1.CCN(CCO)C(=O)c1cccc(NC)c1.CNC(=O)c1cc(Cl)cc(NC)c1.CNC(=O)c1cccc(N(C)C)c1.CNc1cc(C)cc(C(=O)N(C)C)c1.CNc1cc(Cl)cc(C(=O)N(C)C)c1.CNc1cccc(C(=O)N(C)CCO)c1.CNc1cccc(C(=O)NC(C)(C)C)c1.CNc1cccc(C(=O)NCC2CCCCO2)c1. The van der Waals surface area contributed by atoms with Crippen LogP contribution in [0.1, 0.15) is 160 Å². The predicted octanol–water partition coefficient (Wildman–Crippen LogP) is 15.1. The molecule has 0 aliphatic carbocycles. The maximum absolute atomic E-state index is 12.0. The van der Waals surface area contributed by atoms with Gasteiger partial charge in [0, 0.05) is 283 Å². The lowest BCUT2D eigenvalue weighted by molar-refractivity contribution is 0.0169. The minimum atomic E-state index is -0.202. The van der Waals surface area contributed by atoms with Gasteiger partial charge in [-0.1, -0.05) is 59.6 Å². The Morgan fingerprint density at radius 2 is 0.722 bits per heavy atom. The van der Waals surface area contributed by atoms with Crippen molar-refractivity contribution in [2.24, 2.45) is 0 Å². The van der Waals surface area contributed by atoms with E-state index in [4.69, 9.17) is 38.2 Å². The lowest BCUT2D eigenvalue weighted by atomic mass is 10.1.